The number of carbonyl (C=O) groups is 3. The van der Waals surface area contributed by atoms with Crippen LogP contribution in [0.4, 0.5) is 5.69 Å². The van der Waals surface area contributed by atoms with Crippen LogP contribution < -0.4 is 5.32 Å². The molecule has 0 saturated heterocycles. The van der Waals surface area contributed by atoms with E-state index in [0.717, 1.165) is 4.90 Å². The van der Waals surface area contributed by atoms with Gasteiger partial charge < -0.3 is 5.32 Å². The van der Waals surface area contributed by atoms with Gasteiger partial charge in [-0.25, -0.2) is 0 Å². The standard InChI is InChI=1S/C15H9Cl2N3O3/c16-8-3-4-10(17)11(6-8)19-12(21)7-20-14(22)9-2-1-5-18-13(9)15(20)23/h1-6H,7H2,(H,19,21). The lowest BCUT2D eigenvalue weighted by Gasteiger charge is -2.14. The topological polar surface area (TPSA) is 79.4 Å². The van der Waals surface area contributed by atoms with E-state index >= 15 is 0 Å². The first kappa shape index (κ1) is 15.5. The summed E-state index contributed by atoms with van der Waals surface area (Å²) in [5.74, 6) is -1.72. The van der Waals surface area contributed by atoms with Gasteiger partial charge in [0.15, 0.2) is 0 Å². The summed E-state index contributed by atoms with van der Waals surface area (Å²) >= 11 is 11.8. The number of carbonyl (C=O) groups excluding carboxylic acids is 3. The Hall–Kier alpha value is -2.44. The minimum atomic E-state index is -0.599. The third kappa shape index (κ3) is 2.91. The van der Waals surface area contributed by atoms with Crippen molar-refractivity contribution in [2.24, 2.45) is 0 Å². The van der Waals surface area contributed by atoms with E-state index < -0.39 is 24.3 Å². The van der Waals surface area contributed by atoms with Crippen LogP contribution in [-0.4, -0.2) is 34.2 Å². The molecule has 3 amide bonds. The molecule has 0 radical (unpaired) electrons. The van der Waals surface area contributed by atoms with E-state index in [1.165, 1.54) is 24.4 Å². The molecule has 1 aromatic heterocycles. The van der Waals surface area contributed by atoms with Crippen molar-refractivity contribution in [1.82, 2.24) is 9.88 Å². The monoisotopic (exact) mass is 349 g/mol. The lowest BCUT2D eigenvalue weighted by atomic mass is 10.2. The zero-order valence-electron chi connectivity index (χ0n) is 11.5. The summed E-state index contributed by atoms with van der Waals surface area (Å²) in [4.78, 5) is 41.1. The molecule has 1 aromatic carbocycles. The van der Waals surface area contributed by atoms with Crippen LogP contribution in [0.1, 0.15) is 20.8 Å². The summed E-state index contributed by atoms with van der Waals surface area (Å²) in [6.45, 7) is -0.434. The Morgan fingerprint density at radius 3 is 2.70 bits per heavy atom. The highest BCUT2D eigenvalue weighted by Gasteiger charge is 2.37. The summed E-state index contributed by atoms with van der Waals surface area (Å²) in [5, 5.41) is 3.22. The third-order valence-electron chi connectivity index (χ3n) is 3.24. The van der Waals surface area contributed by atoms with Gasteiger partial charge in [0, 0.05) is 11.2 Å². The second kappa shape index (κ2) is 5.98. The van der Waals surface area contributed by atoms with E-state index in [0.29, 0.717) is 15.7 Å². The number of imide groups is 1. The zero-order valence-corrected chi connectivity index (χ0v) is 13.1. The molecule has 8 heteroatoms. The predicted molar refractivity (Wildman–Crippen MR) is 84.7 cm³/mol. The number of benzene rings is 1. The van der Waals surface area contributed by atoms with E-state index in [1.54, 1.807) is 12.1 Å². The molecule has 1 aliphatic rings. The van der Waals surface area contributed by atoms with Gasteiger partial charge in [-0.15, -0.1) is 0 Å². The fraction of sp³-hybridized carbons (Fsp3) is 0.0667. The van der Waals surface area contributed by atoms with Gasteiger partial charge in [-0.2, -0.15) is 0 Å². The highest BCUT2D eigenvalue weighted by atomic mass is 35.5. The van der Waals surface area contributed by atoms with Crippen LogP contribution in [0.2, 0.25) is 10.0 Å². The molecular weight excluding hydrogens is 341 g/mol. The van der Waals surface area contributed by atoms with Crippen molar-refractivity contribution in [2.45, 2.75) is 0 Å². The van der Waals surface area contributed by atoms with Gasteiger partial charge in [-0.05, 0) is 30.3 Å². The largest absolute Gasteiger partial charge is 0.323 e. The summed E-state index contributed by atoms with van der Waals surface area (Å²) in [6, 6.07) is 7.64. The Balaban J connectivity index is 1.76. The predicted octanol–water partition coefficient (Wildman–Crippen LogP) is 2.62. The first-order valence-corrected chi connectivity index (χ1v) is 7.29. The summed E-state index contributed by atoms with van der Waals surface area (Å²) < 4.78 is 0. The van der Waals surface area contributed by atoms with E-state index in [1.807, 2.05) is 0 Å². The first-order chi connectivity index (χ1) is 11.0. The summed E-state index contributed by atoms with van der Waals surface area (Å²) in [6.07, 6.45) is 1.42. The smallest absolute Gasteiger partial charge is 0.280 e. The molecule has 116 valence electrons. The Kier molecular flexibility index (Phi) is 4.02. The van der Waals surface area contributed by atoms with Gasteiger partial charge in [-0.3, -0.25) is 24.3 Å². The average molecular weight is 350 g/mol. The normalized spacial score (nSPS) is 13.2. The summed E-state index contributed by atoms with van der Waals surface area (Å²) in [5.41, 5.74) is 0.538. The SMILES string of the molecule is O=C(CN1C(=O)c2cccnc2C1=O)Nc1cc(Cl)ccc1Cl. The van der Waals surface area contributed by atoms with Gasteiger partial charge in [0.2, 0.25) is 5.91 Å². The maximum Gasteiger partial charge on any atom is 0.280 e. The number of fused-ring (bicyclic) bond motifs is 1. The van der Waals surface area contributed by atoms with E-state index in [9.17, 15) is 14.4 Å². The van der Waals surface area contributed by atoms with Crippen LogP contribution in [0.25, 0.3) is 0 Å². The van der Waals surface area contributed by atoms with Gasteiger partial charge in [-0.1, -0.05) is 23.2 Å². The molecule has 23 heavy (non-hydrogen) atoms. The van der Waals surface area contributed by atoms with E-state index in [2.05, 4.69) is 10.3 Å². The average Bonchev–Trinajstić information content (AvgIpc) is 2.76. The van der Waals surface area contributed by atoms with Crippen molar-refractivity contribution in [1.29, 1.82) is 0 Å². The lowest BCUT2D eigenvalue weighted by molar-refractivity contribution is -0.116. The summed E-state index contributed by atoms with van der Waals surface area (Å²) in [7, 11) is 0. The fourth-order valence-electron chi connectivity index (χ4n) is 2.18. The van der Waals surface area contributed by atoms with Gasteiger partial charge in [0.1, 0.15) is 12.2 Å². The highest BCUT2D eigenvalue weighted by Crippen LogP contribution is 2.26. The Labute approximate surface area is 141 Å². The number of aromatic nitrogens is 1. The molecule has 2 aromatic rings. The van der Waals surface area contributed by atoms with Crippen LogP contribution in [0, 0.1) is 0 Å². The van der Waals surface area contributed by atoms with Crippen LogP contribution in [0.15, 0.2) is 36.5 Å². The number of nitrogens with zero attached hydrogens (tertiary/aromatic N) is 2. The molecule has 0 spiro atoms. The van der Waals surface area contributed by atoms with Crippen molar-refractivity contribution in [3.8, 4) is 0 Å². The van der Waals surface area contributed by atoms with Crippen molar-refractivity contribution < 1.29 is 14.4 Å². The number of hydrogen-bond acceptors (Lipinski definition) is 4. The number of pyridine rings is 1. The highest BCUT2D eigenvalue weighted by molar-refractivity contribution is 6.35. The van der Waals surface area contributed by atoms with E-state index in [4.69, 9.17) is 23.2 Å². The Morgan fingerprint density at radius 1 is 1.17 bits per heavy atom. The van der Waals surface area contributed by atoms with Crippen molar-refractivity contribution in [3.63, 3.8) is 0 Å². The molecule has 0 fully saturated rings. The maximum atomic E-state index is 12.2. The zero-order chi connectivity index (χ0) is 16.6. The first-order valence-electron chi connectivity index (χ1n) is 6.53. The quantitative estimate of drug-likeness (QED) is 0.863. The van der Waals surface area contributed by atoms with Gasteiger partial charge in [0.05, 0.1) is 16.3 Å². The molecule has 0 saturated carbocycles. The van der Waals surface area contributed by atoms with Crippen molar-refractivity contribution in [3.05, 3.63) is 57.8 Å². The molecule has 6 nitrogen and oxygen atoms in total. The Morgan fingerprint density at radius 2 is 1.96 bits per heavy atom. The molecule has 2 heterocycles. The van der Waals surface area contributed by atoms with Crippen molar-refractivity contribution in [2.75, 3.05) is 11.9 Å². The maximum absolute atomic E-state index is 12.2. The number of anilines is 1. The van der Waals surface area contributed by atoms with Crippen LogP contribution in [0.5, 0.6) is 0 Å². The number of hydrogen-bond donors (Lipinski definition) is 1. The van der Waals surface area contributed by atoms with Crippen molar-refractivity contribution >= 4 is 46.6 Å². The number of amides is 3. The third-order valence-corrected chi connectivity index (χ3v) is 3.80. The fourth-order valence-corrected chi connectivity index (χ4v) is 2.52. The second-order valence-corrected chi connectivity index (χ2v) is 5.61. The minimum Gasteiger partial charge on any atom is -0.323 e. The molecule has 0 atom stereocenters. The number of rotatable bonds is 3. The molecule has 0 aliphatic carbocycles. The van der Waals surface area contributed by atoms with Gasteiger partial charge >= 0.3 is 0 Å². The van der Waals surface area contributed by atoms with E-state index in [-0.39, 0.29) is 11.3 Å². The molecular formula is C15H9Cl2N3O3. The number of halogens is 2. The lowest BCUT2D eigenvalue weighted by Crippen LogP contribution is -2.37. The second-order valence-electron chi connectivity index (χ2n) is 4.77. The molecule has 1 aliphatic heterocycles. The molecule has 0 unspecified atom stereocenters. The van der Waals surface area contributed by atoms with Crippen LogP contribution in [-0.2, 0) is 4.79 Å². The molecule has 1 N–H and O–H groups in total. The van der Waals surface area contributed by atoms with Crippen LogP contribution >= 0.6 is 23.2 Å². The molecule has 0 bridgehead atoms. The number of nitrogens with one attached hydrogen (secondary N) is 1. The van der Waals surface area contributed by atoms with Crippen LogP contribution in [0.3, 0.4) is 0 Å². The van der Waals surface area contributed by atoms with Gasteiger partial charge in [0.25, 0.3) is 11.8 Å². The molecule has 3 rings (SSSR count). The minimum absolute atomic E-state index is 0.0473. The Bertz CT molecular complexity index is 803.